The van der Waals surface area contributed by atoms with Gasteiger partial charge in [0.05, 0.1) is 19.3 Å². The number of likely N-dealkylation sites (tertiary alicyclic amines) is 1. The van der Waals surface area contributed by atoms with Crippen molar-refractivity contribution >= 4 is 11.7 Å². The zero-order chi connectivity index (χ0) is 23.8. The molecule has 1 fully saturated rings. The van der Waals surface area contributed by atoms with E-state index in [-0.39, 0.29) is 23.8 Å². The third-order valence-electron chi connectivity index (χ3n) is 6.35. The van der Waals surface area contributed by atoms with Crippen LogP contribution in [0.4, 0.5) is 14.9 Å². The van der Waals surface area contributed by atoms with E-state index in [1.165, 1.54) is 17.7 Å². The third-order valence-corrected chi connectivity index (χ3v) is 6.35. The maximum absolute atomic E-state index is 13.1. The topological polar surface area (TPSA) is 73.8 Å². The van der Waals surface area contributed by atoms with E-state index in [1.807, 2.05) is 38.1 Å². The van der Waals surface area contributed by atoms with Crippen LogP contribution in [0.25, 0.3) is 0 Å². The summed E-state index contributed by atoms with van der Waals surface area (Å²) >= 11 is 0. The number of benzene rings is 2. The van der Waals surface area contributed by atoms with Crippen LogP contribution in [0, 0.1) is 17.7 Å². The second-order valence-electron chi connectivity index (χ2n) is 9.24. The molecular weight excluding hydrogens is 421 g/mol. The van der Waals surface area contributed by atoms with Crippen molar-refractivity contribution in [3.8, 4) is 5.75 Å². The van der Waals surface area contributed by atoms with E-state index in [9.17, 15) is 14.3 Å². The maximum atomic E-state index is 13.1. The number of piperidine rings is 1. The number of ether oxygens (including phenoxy) is 1. The van der Waals surface area contributed by atoms with E-state index < -0.39 is 6.10 Å². The zero-order valence-electron chi connectivity index (χ0n) is 19.8. The van der Waals surface area contributed by atoms with Crippen LogP contribution in [0.15, 0.2) is 48.5 Å². The van der Waals surface area contributed by atoms with Crippen molar-refractivity contribution < 1.29 is 19.0 Å². The predicted molar refractivity (Wildman–Crippen MR) is 129 cm³/mol. The number of aliphatic hydroxyl groups excluding tert-OH is 1. The molecule has 7 heteroatoms. The number of rotatable bonds is 9. The molecule has 0 aliphatic carbocycles. The molecule has 1 aliphatic heterocycles. The lowest BCUT2D eigenvalue weighted by Gasteiger charge is -2.36. The first kappa shape index (κ1) is 25.0. The average molecular weight is 458 g/mol. The Balaban J connectivity index is 1.47. The summed E-state index contributed by atoms with van der Waals surface area (Å²) in [6.07, 6.45) is 2.37. The number of urea groups is 1. The quantitative estimate of drug-likeness (QED) is 0.525. The first-order valence-corrected chi connectivity index (χ1v) is 11.7. The van der Waals surface area contributed by atoms with E-state index in [1.54, 1.807) is 19.2 Å². The van der Waals surface area contributed by atoms with Crippen LogP contribution >= 0.6 is 0 Å². The van der Waals surface area contributed by atoms with Crippen LogP contribution in [0.1, 0.15) is 32.3 Å². The molecule has 180 valence electrons. The molecule has 0 spiro atoms. The number of amides is 2. The molecule has 0 unspecified atom stereocenters. The van der Waals surface area contributed by atoms with Gasteiger partial charge in [0.15, 0.2) is 0 Å². The van der Waals surface area contributed by atoms with Crippen LogP contribution in [0.2, 0.25) is 0 Å². The second kappa shape index (κ2) is 12.0. The standard InChI is InChI=1S/C26H36FN3O3/c1-18(2)25(29-26(32)28-22-5-4-6-23(16-22)33-3)24(31)17-30-13-11-20(12-14-30)15-19-7-9-21(27)10-8-19/h4-10,16,18,20,24-25,31H,11-15,17H2,1-3H3,(H2,28,29,32)/t24-,25-/m0/s1. The summed E-state index contributed by atoms with van der Waals surface area (Å²) in [4.78, 5) is 14.8. The van der Waals surface area contributed by atoms with Crippen molar-refractivity contribution in [2.24, 2.45) is 11.8 Å². The first-order chi connectivity index (χ1) is 15.8. The average Bonchev–Trinajstić information content (AvgIpc) is 2.80. The Morgan fingerprint density at radius 1 is 1.18 bits per heavy atom. The summed E-state index contributed by atoms with van der Waals surface area (Å²) in [7, 11) is 1.58. The number of halogens is 1. The number of aliphatic hydroxyl groups is 1. The Kier molecular flexibility index (Phi) is 9.09. The van der Waals surface area contributed by atoms with Crippen LogP contribution in [-0.2, 0) is 6.42 Å². The molecule has 6 nitrogen and oxygen atoms in total. The van der Waals surface area contributed by atoms with Crippen LogP contribution < -0.4 is 15.4 Å². The lowest BCUT2D eigenvalue weighted by atomic mass is 9.89. The second-order valence-corrected chi connectivity index (χ2v) is 9.24. The van der Waals surface area contributed by atoms with Gasteiger partial charge in [0, 0.05) is 18.3 Å². The summed E-state index contributed by atoms with van der Waals surface area (Å²) in [5.74, 6) is 1.10. The molecule has 1 heterocycles. The number of hydrogen-bond acceptors (Lipinski definition) is 4. The molecule has 2 aromatic rings. The van der Waals surface area contributed by atoms with E-state index in [0.29, 0.717) is 23.9 Å². The van der Waals surface area contributed by atoms with E-state index in [4.69, 9.17) is 4.74 Å². The van der Waals surface area contributed by atoms with Crippen molar-refractivity contribution in [3.63, 3.8) is 0 Å². The third kappa shape index (κ3) is 7.72. The lowest BCUT2D eigenvalue weighted by Crippen LogP contribution is -2.53. The monoisotopic (exact) mass is 457 g/mol. The van der Waals surface area contributed by atoms with Crippen molar-refractivity contribution in [1.29, 1.82) is 0 Å². The first-order valence-electron chi connectivity index (χ1n) is 11.7. The van der Waals surface area contributed by atoms with Gasteiger partial charge >= 0.3 is 6.03 Å². The Morgan fingerprint density at radius 2 is 1.88 bits per heavy atom. The molecule has 0 aromatic heterocycles. The van der Waals surface area contributed by atoms with Gasteiger partial charge in [-0.05, 0) is 74.0 Å². The molecule has 3 rings (SSSR count). The number of carbonyl (C=O) groups is 1. The lowest BCUT2D eigenvalue weighted by molar-refractivity contribution is 0.0539. The Hall–Kier alpha value is -2.64. The van der Waals surface area contributed by atoms with Gasteiger partial charge in [-0.25, -0.2) is 9.18 Å². The summed E-state index contributed by atoms with van der Waals surface area (Å²) in [5, 5.41) is 16.7. The van der Waals surface area contributed by atoms with Gasteiger partial charge in [0.1, 0.15) is 11.6 Å². The highest BCUT2D eigenvalue weighted by molar-refractivity contribution is 5.89. The fourth-order valence-corrected chi connectivity index (χ4v) is 4.43. The van der Waals surface area contributed by atoms with Crippen LogP contribution in [0.5, 0.6) is 5.75 Å². The van der Waals surface area contributed by atoms with Crippen molar-refractivity contribution in [2.75, 3.05) is 32.1 Å². The Labute approximate surface area is 196 Å². The SMILES string of the molecule is COc1cccc(NC(=O)N[C@@H](C(C)C)[C@@H](O)CN2CCC(Cc3ccc(F)cc3)CC2)c1. The summed E-state index contributed by atoms with van der Waals surface area (Å²) in [5.41, 5.74) is 1.80. The fraction of sp³-hybridized carbons (Fsp3) is 0.500. The minimum absolute atomic E-state index is 0.0760. The minimum atomic E-state index is -0.672. The highest BCUT2D eigenvalue weighted by Gasteiger charge is 2.28. The predicted octanol–water partition coefficient (Wildman–Crippen LogP) is 4.30. The maximum Gasteiger partial charge on any atom is 0.319 e. The van der Waals surface area contributed by atoms with Crippen LogP contribution in [0.3, 0.4) is 0 Å². The highest BCUT2D eigenvalue weighted by Crippen LogP contribution is 2.23. The van der Waals surface area contributed by atoms with E-state index in [0.717, 1.165) is 32.4 Å². The molecule has 0 radical (unpaired) electrons. The highest BCUT2D eigenvalue weighted by atomic mass is 19.1. The van der Waals surface area contributed by atoms with Gasteiger partial charge in [-0.1, -0.05) is 32.0 Å². The van der Waals surface area contributed by atoms with Gasteiger partial charge in [-0.15, -0.1) is 0 Å². The molecular formula is C26H36FN3O3. The number of hydrogen-bond donors (Lipinski definition) is 3. The molecule has 1 aliphatic rings. The fourth-order valence-electron chi connectivity index (χ4n) is 4.43. The smallest absolute Gasteiger partial charge is 0.319 e. The summed E-state index contributed by atoms with van der Waals surface area (Å²) in [6, 6.07) is 13.2. The largest absolute Gasteiger partial charge is 0.497 e. The van der Waals surface area contributed by atoms with Gasteiger partial charge < -0.3 is 25.4 Å². The molecule has 2 amide bonds. The van der Waals surface area contributed by atoms with E-state index in [2.05, 4.69) is 15.5 Å². The minimum Gasteiger partial charge on any atom is -0.497 e. The molecule has 2 atom stereocenters. The Bertz CT molecular complexity index is 883. The van der Waals surface area contributed by atoms with Crippen LogP contribution in [-0.4, -0.2) is 54.9 Å². The number of nitrogens with one attached hydrogen (secondary N) is 2. The zero-order valence-corrected chi connectivity index (χ0v) is 19.8. The van der Waals surface area contributed by atoms with Crippen molar-refractivity contribution in [2.45, 2.75) is 45.3 Å². The summed E-state index contributed by atoms with van der Waals surface area (Å²) < 4.78 is 18.3. The van der Waals surface area contributed by atoms with Gasteiger partial charge in [-0.2, -0.15) is 0 Å². The van der Waals surface area contributed by atoms with Gasteiger partial charge in [0.25, 0.3) is 0 Å². The normalized spacial score (nSPS) is 16.9. The molecule has 0 bridgehead atoms. The number of anilines is 1. The van der Waals surface area contributed by atoms with Gasteiger partial charge in [0.2, 0.25) is 0 Å². The number of β-amino-alcohol motifs (C(OH)–C–C–N with tert-alkyl or cyclic N) is 1. The Morgan fingerprint density at radius 3 is 2.52 bits per heavy atom. The molecule has 1 saturated heterocycles. The number of carbonyl (C=O) groups excluding carboxylic acids is 1. The van der Waals surface area contributed by atoms with Crippen molar-refractivity contribution in [1.82, 2.24) is 10.2 Å². The number of nitrogens with zero attached hydrogens (tertiary/aromatic N) is 1. The van der Waals surface area contributed by atoms with Gasteiger partial charge in [-0.3, -0.25) is 0 Å². The summed E-state index contributed by atoms with van der Waals surface area (Å²) in [6.45, 7) is 6.32. The molecule has 2 aromatic carbocycles. The molecule has 3 N–H and O–H groups in total. The number of methoxy groups -OCH3 is 1. The molecule has 33 heavy (non-hydrogen) atoms. The molecule has 0 saturated carbocycles. The van der Waals surface area contributed by atoms with E-state index >= 15 is 0 Å². The van der Waals surface area contributed by atoms with Crippen molar-refractivity contribution in [3.05, 3.63) is 59.9 Å².